The lowest BCUT2D eigenvalue weighted by atomic mass is 9.98. The van der Waals surface area contributed by atoms with Crippen LogP contribution in [0.3, 0.4) is 0 Å². The lowest BCUT2D eigenvalue weighted by Crippen LogP contribution is -2.30. The Balaban J connectivity index is 2.05. The van der Waals surface area contributed by atoms with Gasteiger partial charge in [0.05, 0.1) is 0 Å². The van der Waals surface area contributed by atoms with E-state index in [1.165, 1.54) is 24.1 Å². The van der Waals surface area contributed by atoms with Crippen LogP contribution in [0.25, 0.3) is 0 Å². The van der Waals surface area contributed by atoms with Crippen molar-refractivity contribution >= 4 is 5.69 Å². The molecule has 1 unspecified atom stereocenters. The molecule has 3 heteroatoms. The second-order valence-electron chi connectivity index (χ2n) is 5.28. The number of benzene rings is 1. The summed E-state index contributed by atoms with van der Waals surface area (Å²) in [5.74, 6) is 0.741. The molecule has 100 valence electrons. The van der Waals surface area contributed by atoms with E-state index in [0.29, 0.717) is 0 Å². The van der Waals surface area contributed by atoms with Gasteiger partial charge in [0.25, 0.3) is 0 Å². The van der Waals surface area contributed by atoms with Gasteiger partial charge < -0.3 is 15.4 Å². The molecule has 1 atom stereocenters. The van der Waals surface area contributed by atoms with Crippen LogP contribution in [0.15, 0.2) is 24.3 Å². The standard InChI is InChI=1S/C15H24N2O/c1-12(16)14-5-3-4-6-15(14)17(2)11-13-7-9-18-10-8-13/h3-6,12-13H,7-11,16H2,1-2H3. The van der Waals surface area contributed by atoms with Gasteiger partial charge in [-0.15, -0.1) is 0 Å². The molecular weight excluding hydrogens is 224 g/mol. The van der Waals surface area contributed by atoms with Gasteiger partial charge in [-0.3, -0.25) is 0 Å². The zero-order chi connectivity index (χ0) is 13.0. The van der Waals surface area contributed by atoms with Gasteiger partial charge in [0.2, 0.25) is 0 Å². The first-order chi connectivity index (χ1) is 8.68. The zero-order valence-corrected chi connectivity index (χ0v) is 11.4. The molecule has 0 aromatic heterocycles. The van der Waals surface area contributed by atoms with Gasteiger partial charge in [0.15, 0.2) is 0 Å². The van der Waals surface area contributed by atoms with Gasteiger partial charge >= 0.3 is 0 Å². The average Bonchev–Trinajstić information content (AvgIpc) is 2.40. The molecule has 1 heterocycles. The summed E-state index contributed by atoms with van der Waals surface area (Å²) in [6.45, 7) is 4.95. The molecule has 0 aliphatic carbocycles. The third kappa shape index (κ3) is 3.24. The molecule has 18 heavy (non-hydrogen) atoms. The molecule has 1 saturated heterocycles. The Morgan fingerprint density at radius 2 is 2.00 bits per heavy atom. The maximum Gasteiger partial charge on any atom is 0.0469 e. The van der Waals surface area contributed by atoms with Crippen LogP contribution in [0.4, 0.5) is 5.69 Å². The summed E-state index contributed by atoms with van der Waals surface area (Å²) < 4.78 is 5.41. The van der Waals surface area contributed by atoms with E-state index in [9.17, 15) is 0 Å². The molecule has 0 amide bonds. The number of hydrogen-bond donors (Lipinski definition) is 1. The molecule has 2 rings (SSSR count). The van der Waals surface area contributed by atoms with Gasteiger partial charge in [0.1, 0.15) is 0 Å². The lowest BCUT2D eigenvalue weighted by molar-refractivity contribution is 0.0685. The lowest BCUT2D eigenvalue weighted by Gasteiger charge is -2.30. The predicted octanol–water partition coefficient (Wildman–Crippen LogP) is 2.57. The highest BCUT2D eigenvalue weighted by Gasteiger charge is 2.17. The summed E-state index contributed by atoms with van der Waals surface area (Å²) in [6, 6.07) is 8.52. The summed E-state index contributed by atoms with van der Waals surface area (Å²) in [5, 5.41) is 0. The second kappa shape index (κ2) is 6.21. The van der Waals surface area contributed by atoms with Crippen LogP contribution in [0.2, 0.25) is 0 Å². The fraction of sp³-hybridized carbons (Fsp3) is 0.600. The van der Waals surface area contributed by atoms with E-state index < -0.39 is 0 Å². The first kappa shape index (κ1) is 13.4. The molecule has 0 saturated carbocycles. The fourth-order valence-electron chi connectivity index (χ4n) is 2.63. The second-order valence-corrected chi connectivity index (χ2v) is 5.28. The monoisotopic (exact) mass is 248 g/mol. The molecule has 1 aromatic rings. The van der Waals surface area contributed by atoms with Crippen LogP contribution in [0.5, 0.6) is 0 Å². The van der Waals surface area contributed by atoms with Crippen LogP contribution in [0.1, 0.15) is 31.4 Å². The molecule has 0 spiro atoms. The van der Waals surface area contributed by atoms with Gasteiger partial charge in [-0.2, -0.15) is 0 Å². The predicted molar refractivity (Wildman–Crippen MR) is 75.9 cm³/mol. The molecule has 3 nitrogen and oxygen atoms in total. The molecule has 0 bridgehead atoms. The van der Waals surface area contributed by atoms with Gasteiger partial charge in [0, 0.05) is 38.5 Å². The van der Waals surface area contributed by atoms with Crippen LogP contribution in [-0.2, 0) is 4.74 Å². The molecule has 1 fully saturated rings. The van der Waals surface area contributed by atoms with E-state index in [0.717, 1.165) is 25.7 Å². The van der Waals surface area contributed by atoms with Crippen LogP contribution >= 0.6 is 0 Å². The molecule has 1 aliphatic heterocycles. The highest BCUT2D eigenvalue weighted by atomic mass is 16.5. The van der Waals surface area contributed by atoms with E-state index in [1.54, 1.807) is 0 Å². The maximum atomic E-state index is 6.04. The third-order valence-corrected chi connectivity index (χ3v) is 3.71. The van der Waals surface area contributed by atoms with Crippen molar-refractivity contribution in [2.75, 3.05) is 31.7 Å². The van der Waals surface area contributed by atoms with Crippen molar-refractivity contribution in [2.24, 2.45) is 11.7 Å². The summed E-state index contributed by atoms with van der Waals surface area (Å²) in [6.07, 6.45) is 2.34. The Morgan fingerprint density at radius 1 is 1.33 bits per heavy atom. The smallest absolute Gasteiger partial charge is 0.0469 e. The molecule has 0 radical (unpaired) electrons. The van der Waals surface area contributed by atoms with Crippen LogP contribution < -0.4 is 10.6 Å². The fourth-order valence-corrected chi connectivity index (χ4v) is 2.63. The minimum Gasteiger partial charge on any atom is -0.381 e. The van der Waals surface area contributed by atoms with Crippen LogP contribution in [-0.4, -0.2) is 26.8 Å². The van der Waals surface area contributed by atoms with Crippen molar-refractivity contribution in [1.82, 2.24) is 0 Å². The highest BCUT2D eigenvalue weighted by molar-refractivity contribution is 5.54. The number of para-hydroxylation sites is 1. The highest BCUT2D eigenvalue weighted by Crippen LogP contribution is 2.26. The molecule has 2 N–H and O–H groups in total. The van der Waals surface area contributed by atoms with E-state index in [-0.39, 0.29) is 6.04 Å². The molecular formula is C15H24N2O. The van der Waals surface area contributed by atoms with Crippen molar-refractivity contribution in [3.05, 3.63) is 29.8 Å². The Kier molecular flexibility index (Phi) is 4.61. The first-order valence-corrected chi connectivity index (χ1v) is 6.82. The normalized spacial score (nSPS) is 18.6. The number of nitrogens with zero attached hydrogens (tertiary/aromatic N) is 1. The van der Waals surface area contributed by atoms with Gasteiger partial charge in [-0.25, -0.2) is 0 Å². The number of nitrogens with two attached hydrogens (primary N) is 1. The van der Waals surface area contributed by atoms with Crippen molar-refractivity contribution in [1.29, 1.82) is 0 Å². The van der Waals surface area contributed by atoms with Gasteiger partial charge in [-0.1, -0.05) is 18.2 Å². The third-order valence-electron chi connectivity index (χ3n) is 3.71. The Morgan fingerprint density at radius 3 is 2.67 bits per heavy atom. The summed E-state index contributed by atoms with van der Waals surface area (Å²) in [5.41, 5.74) is 8.53. The van der Waals surface area contributed by atoms with Crippen LogP contribution in [0, 0.1) is 5.92 Å². The van der Waals surface area contributed by atoms with Crippen molar-refractivity contribution in [2.45, 2.75) is 25.8 Å². The number of rotatable bonds is 4. The minimum absolute atomic E-state index is 0.0818. The van der Waals surface area contributed by atoms with E-state index >= 15 is 0 Å². The SMILES string of the molecule is CC(N)c1ccccc1N(C)CC1CCOCC1. The quantitative estimate of drug-likeness (QED) is 0.890. The summed E-state index contributed by atoms with van der Waals surface area (Å²) in [4.78, 5) is 2.34. The molecule has 1 aromatic carbocycles. The Bertz CT molecular complexity index is 373. The first-order valence-electron chi connectivity index (χ1n) is 6.82. The van der Waals surface area contributed by atoms with Crippen molar-refractivity contribution < 1.29 is 4.74 Å². The Hall–Kier alpha value is -1.06. The average molecular weight is 248 g/mol. The number of ether oxygens (including phenoxy) is 1. The van der Waals surface area contributed by atoms with Crippen molar-refractivity contribution in [3.8, 4) is 0 Å². The number of hydrogen-bond acceptors (Lipinski definition) is 3. The van der Waals surface area contributed by atoms with E-state index in [4.69, 9.17) is 10.5 Å². The minimum atomic E-state index is 0.0818. The van der Waals surface area contributed by atoms with E-state index in [2.05, 4.69) is 36.2 Å². The van der Waals surface area contributed by atoms with Crippen molar-refractivity contribution in [3.63, 3.8) is 0 Å². The Labute approximate surface area is 110 Å². The molecule has 1 aliphatic rings. The van der Waals surface area contributed by atoms with Gasteiger partial charge in [-0.05, 0) is 37.3 Å². The topological polar surface area (TPSA) is 38.5 Å². The van der Waals surface area contributed by atoms with E-state index in [1.807, 2.05) is 6.92 Å². The summed E-state index contributed by atoms with van der Waals surface area (Å²) in [7, 11) is 2.16. The zero-order valence-electron chi connectivity index (χ0n) is 11.4. The summed E-state index contributed by atoms with van der Waals surface area (Å²) >= 11 is 0. The largest absolute Gasteiger partial charge is 0.381 e. The number of anilines is 1. The maximum absolute atomic E-state index is 6.04.